The topological polar surface area (TPSA) is 56.5 Å². The van der Waals surface area contributed by atoms with Crippen LogP contribution in [0.4, 0.5) is 0 Å². The average Bonchev–Trinajstić information content (AvgIpc) is 3.60. The molecule has 0 N–H and O–H groups in total. The molecule has 0 radical (unpaired) electrons. The highest BCUT2D eigenvalue weighted by Crippen LogP contribution is 2.41. The molecule has 0 bridgehead atoms. The van der Waals surface area contributed by atoms with E-state index in [2.05, 4.69) is 122 Å². The molecule has 0 spiro atoms. The van der Waals surface area contributed by atoms with E-state index in [0.29, 0.717) is 17.5 Å². The van der Waals surface area contributed by atoms with Crippen molar-refractivity contribution in [1.82, 2.24) is 24.5 Å². The van der Waals surface area contributed by atoms with Crippen LogP contribution in [0.1, 0.15) is 11.1 Å². The van der Waals surface area contributed by atoms with Gasteiger partial charge in [-0.05, 0) is 83.6 Å². The highest BCUT2D eigenvalue weighted by atomic mass is 15.1. The maximum absolute atomic E-state index is 5.26. The number of hydrogen-bond acceptors (Lipinski definition) is 4. The Morgan fingerprint density at radius 2 is 0.860 bits per heavy atom. The van der Waals surface area contributed by atoms with Crippen molar-refractivity contribution in [3.63, 3.8) is 0 Å². The smallest absolute Gasteiger partial charge is 0.166 e. The molecule has 0 aliphatic carbocycles. The third-order valence-corrected chi connectivity index (χ3v) is 10.8. The average molecular weight is 732 g/mol. The molecule has 5 heteroatoms. The van der Waals surface area contributed by atoms with E-state index in [1.807, 2.05) is 85.1 Å². The second kappa shape index (κ2) is 14.3. The molecular formula is C52H37N5. The van der Waals surface area contributed by atoms with Crippen LogP contribution in [0.15, 0.2) is 188 Å². The summed E-state index contributed by atoms with van der Waals surface area (Å²) >= 11 is 0. The lowest BCUT2D eigenvalue weighted by atomic mass is 9.98. The van der Waals surface area contributed by atoms with Gasteiger partial charge in [-0.2, -0.15) is 0 Å². The molecule has 0 atom stereocenters. The Labute approximate surface area is 331 Å². The van der Waals surface area contributed by atoms with Gasteiger partial charge >= 0.3 is 0 Å². The zero-order chi connectivity index (χ0) is 38.3. The van der Waals surface area contributed by atoms with Crippen LogP contribution in [0.2, 0.25) is 0 Å². The zero-order valence-corrected chi connectivity index (χ0v) is 31.6. The Hall–Kier alpha value is -7.50. The molecule has 0 fully saturated rings. The molecule has 0 saturated carbocycles. The number of nitrogens with zero attached hydrogens (tertiary/aromatic N) is 5. The zero-order valence-electron chi connectivity index (χ0n) is 31.6. The lowest BCUT2D eigenvalue weighted by Gasteiger charge is -2.17. The molecule has 57 heavy (non-hydrogen) atoms. The molecule has 0 aliphatic rings. The van der Waals surface area contributed by atoms with Crippen molar-refractivity contribution in [1.29, 1.82) is 0 Å². The van der Waals surface area contributed by atoms with E-state index >= 15 is 0 Å². The van der Waals surface area contributed by atoms with Crippen molar-refractivity contribution in [3.05, 3.63) is 199 Å². The molecule has 10 aromatic rings. The van der Waals surface area contributed by atoms with Gasteiger partial charge in [0.15, 0.2) is 17.5 Å². The standard InChI is InChI=1S/C52H37N5/c1-34-15-9-11-21-41(34)38-24-27-43-44-28-25-39(42-22-12-10-16-35(42)2)33-49(44)57(48(43)32-38)47-29-26-40(46-23-13-14-30-53-46)31-45(47)52-55-50(36-17-5-3-6-18-36)54-51(56-52)37-19-7-4-8-20-37/h3-33H,1-2H3. The molecular weight excluding hydrogens is 695 g/mol. The highest BCUT2D eigenvalue weighted by Gasteiger charge is 2.22. The second-order valence-corrected chi connectivity index (χ2v) is 14.4. The molecule has 0 amide bonds. The van der Waals surface area contributed by atoms with E-state index in [4.69, 9.17) is 19.9 Å². The first-order valence-electron chi connectivity index (χ1n) is 19.2. The van der Waals surface area contributed by atoms with Crippen molar-refractivity contribution >= 4 is 21.8 Å². The van der Waals surface area contributed by atoms with Crippen molar-refractivity contribution < 1.29 is 0 Å². The molecule has 0 aliphatic heterocycles. The van der Waals surface area contributed by atoms with Crippen LogP contribution in [0.5, 0.6) is 0 Å². The van der Waals surface area contributed by atoms with Gasteiger partial charge < -0.3 is 4.57 Å². The SMILES string of the molecule is Cc1ccccc1-c1ccc2c3ccc(-c4ccccc4C)cc3n(-c3ccc(-c4ccccn4)cc3-c3nc(-c4ccccc4)nc(-c4ccccc4)n3)c2c1. The summed E-state index contributed by atoms with van der Waals surface area (Å²) < 4.78 is 2.40. The molecule has 270 valence electrons. The van der Waals surface area contributed by atoms with Crippen LogP contribution < -0.4 is 0 Å². The predicted molar refractivity (Wildman–Crippen MR) is 234 cm³/mol. The first-order chi connectivity index (χ1) is 28.1. The minimum Gasteiger partial charge on any atom is -0.308 e. The summed E-state index contributed by atoms with van der Waals surface area (Å²) in [5.41, 5.74) is 14.9. The van der Waals surface area contributed by atoms with E-state index in [9.17, 15) is 0 Å². The van der Waals surface area contributed by atoms with Gasteiger partial charge in [0.1, 0.15) is 0 Å². The third-order valence-electron chi connectivity index (χ3n) is 10.8. The van der Waals surface area contributed by atoms with Crippen LogP contribution in [0.3, 0.4) is 0 Å². The Balaban J connectivity index is 1.31. The molecule has 0 unspecified atom stereocenters. The van der Waals surface area contributed by atoms with Gasteiger partial charge in [-0.1, -0.05) is 146 Å². The van der Waals surface area contributed by atoms with Gasteiger partial charge in [0, 0.05) is 39.2 Å². The monoisotopic (exact) mass is 731 g/mol. The first-order valence-corrected chi connectivity index (χ1v) is 19.2. The van der Waals surface area contributed by atoms with Crippen LogP contribution in [-0.4, -0.2) is 24.5 Å². The molecule has 5 nitrogen and oxygen atoms in total. The van der Waals surface area contributed by atoms with Crippen LogP contribution >= 0.6 is 0 Å². The molecule has 10 rings (SSSR count). The molecule has 3 aromatic heterocycles. The maximum atomic E-state index is 5.26. The second-order valence-electron chi connectivity index (χ2n) is 14.4. The Kier molecular flexibility index (Phi) is 8.53. The largest absolute Gasteiger partial charge is 0.308 e. The van der Waals surface area contributed by atoms with E-state index < -0.39 is 0 Å². The van der Waals surface area contributed by atoms with Gasteiger partial charge in [0.25, 0.3) is 0 Å². The fourth-order valence-electron chi connectivity index (χ4n) is 7.94. The normalized spacial score (nSPS) is 11.3. The van der Waals surface area contributed by atoms with Crippen LogP contribution in [0.25, 0.3) is 95.2 Å². The fourth-order valence-corrected chi connectivity index (χ4v) is 7.94. The lowest BCUT2D eigenvalue weighted by Crippen LogP contribution is -2.04. The van der Waals surface area contributed by atoms with Crippen molar-refractivity contribution in [2.75, 3.05) is 0 Å². The Morgan fingerprint density at radius 1 is 0.368 bits per heavy atom. The van der Waals surface area contributed by atoms with Gasteiger partial charge in [0.05, 0.1) is 22.4 Å². The van der Waals surface area contributed by atoms with Gasteiger partial charge in [-0.15, -0.1) is 0 Å². The number of pyridine rings is 1. The summed E-state index contributed by atoms with van der Waals surface area (Å²) in [5, 5.41) is 2.34. The molecule has 7 aromatic carbocycles. The minimum absolute atomic E-state index is 0.579. The maximum Gasteiger partial charge on any atom is 0.166 e. The van der Waals surface area contributed by atoms with Crippen LogP contribution in [0, 0.1) is 13.8 Å². The van der Waals surface area contributed by atoms with E-state index in [-0.39, 0.29) is 0 Å². The summed E-state index contributed by atoms with van der Waals surface area (Å²) in [5.74, 6) is 1.80. The third kappa shape index (κ3) is 6.25. The van der Waals surface area contributed by atoms with Crippen molar-refractivity contribution in [3.8, 4) is 73.4 Å². The summed E-state index contributed by atoms with van der Waals surface area (Å²) in [6.07, 6.45) is 1.83. The number of fused-ring (bicyclic) bond motifs is 3. The van der Waals surface area contributed by atoms with Crippen molar-refractivity contribution in [2.24, 2.45) is 0 Å². The van der Waals surface area contributed by atoms with E-state index in [1.165, 1.54) is 33.0 Å². The Bertz CT molecular complexity index is 2920. The summed E-state index contributed by atoms with van der Waals surface area (Å²) in [6.45, 7) is 4.35. The molecule has 3 heterocycles. The Morgan fingerprint density at radius 3 is 1.39 bits per heavy atom. The number of aryl methyl sites for hydroxylation is 2. The lowest BCUT2D eigenvalue weighted by molar-refractivity contribution is 1.06. The summed E-state index contributed by atoms with van der Waals surface area (Å²) in [6, 6.07) is 63.7. The number of benzene rings is 7. The number of aromatic nitrogens is 5. The number of rotatable bonds is 7. The van der Waals surface area contributed by atoms with Crippen molar-refractivity contribution in [2.45, 2.75) is 13.8 Å². The predicted octanol–water partition coefficient (Wildman–Crippen LogP) is 13.0. The first kappa shape index (κ1) is 34.0. The quantitative estimate of drug-likeness (QED) is 0.164. The van der Waals surface area contributed by atoms with E-state index in [0.717, 1.165) is 55.8 Å². The number of hydrogen-bond donors (Lipinski definition) is 0. The van der Waals surface area contributed by atoms with Gasteiger partial charge in [-0.25, -0.2) is 15.0 Å². The van der Waals surface area contributed by atoms with Gasteiger partial charge in [-0.3, -0.25) is 4.98 Å². The fraction of sp³-hybridized carbons (Fsp3) is 0.0385. The highest BCUT2D eigenvalue weighted by molar-refractivity contribution is 6.11. The minimum atomic E-state index is 0.579. The van der Waals surface area contributed by atoms with Gasteiger partial charge in [0.2, 0.25) is 0 Å². The van der Waals surface area contributed by atoms with Crippen LogP contribution in [-0.2, 0) is 0 Å². The molecule has 0 saturated heterocycles. The van der Waals surface area contributed by atoms with E-state index in [1.54, 1.807) is 0 Å². The summed E-state index contributed by atoms with van der Waals surface area (Å²) in [7, 11) is 0. The summed E-state index contributed by atoms with van der Waals surface area (Å²) in [4.78, 5) is 20.3.